The average molecular weight is 458 g/mol. The summed E-state index contributed by atoms with van der Waals surface area (Å²) in [5, 5.41) is 0. The van der Waals surface area contributed by atoms with Crippen LogP contribution < -0.4 is 9.47 Å². The number of hydrogen-bond acceptors (Lipinski definition) is 4. The van der Waals surface area contributed by atoms with Crippen molar-refractivity contribution in [3.8, 4) is 11.5 Å². The van der Waals surface area contributed by atoms with Crippen LogP contribution in [0.5, 0.6) is 11.5 Å². The molecule has 1 saturated heterocycles. The number of hydrogen-bond donors (Lipinski definition) is 0. The zero-order valence-corrected chi connectivity index (χ0v) is 20.3. The van der Waals surface area contributed by atoms with Crippen molar-refractivity contribution >= 4 is 5.78 Å². The molecule has 1 heterocycles. The molecule has 34 heavy (non-hydrogen) atoms. The van der Waals surface area contributed by atoms with E-state index >= 15 is 0 Å². The maximum atomic E-state index is 13.6. The maximum absolute atomic E-state index is 13.6. The Bertz CT molecular complexity index is 1020. The highest BCUT2D eigenvalue weighted by molar-refractivity contribution is 5.98. The van der Waals surface area contributed by atoms with Crippen LogP contribution in [-0.2, 0) is 0 Å². The monoisotopic (exact) mass is 457 g/mol. The van der Waals surface area contributed by atoms with Gasteiger partial charge < -0.3 is 9.47 Å². The first kappa shape index (κ1) is 24.0. The van der Waals surface area contributed by atoms with Gasteiger partial charge in [0.15, 0.2) is 5.78 Å². The standard InChI is InChI=1S/C30H35NO3/c1-3-28(30(32)25-9-5-4-6-10-25)29(23-11-15-26(33-2)16-12-23)24-13-17-27(18-14-24)34-22-21-31-19-7-8-20-31/h4-6,9-18,28-29H,3,7-8,19-22H2,1-2H3/t28-,29+/m0/s1. The van der Waals surface area contributed by atoms with Gasteiger partial charge in [-0.1, -0.05) is 61.5 Å². The summed E-state index contributed by atoms with van der Waals surface area (Å²) in [6.45, 7) is 6.13. The van der Waals surface area contributed by atoms with E-state index in [-0.39, 0.29) is 17.6 Å². The van der Waals surface area contributed by atoms with Crippen LogP contribution in [0.2, 0.25) is 0 Å². The molecule has 0 bridgehead atoms. The van der Waals surface area contributed by atoms with E-state index < -0.39 is 0 Å². The highest BCUT2D eigenvalue weighted by Gasteiger charge is 2.30. The van der Waals surface area contributed by atoms with Gasteiger partial charge in [-0.15, -0.1) is 0 Å². The summed E-state index contributed by atoms with van der Waals surface area (Å²) in [5.41, 5.74) is 2.99. The Kier molecular flexibility index (Phi) is 8.37. The summed E-state index contributed by atoms with van der Waals surface area (Å²) in [7, 11) is 1.67. The number of methoxy groups -OCH3 is 1. The predicted octanol–water partition coefficient (Wildman–Crippen LogP) is 6.21. The Morgan fingerprint density at radius 2 is 1.44 bits per heavy atom. The van der Waals surface area contributed by atoms with E-state index in [1.807, 2.05) is 54.6 Å². The minimum absolute atomic E-state index is 0.0535. The maximum Gasteiger partial charge on any atom is 0.166 e. The predicted molar refractivity (Wildman–Crippen MR) is 137 cm³/mol. The largest absolute Gasteiger partial charge is 0.497 e. The molecule has 1 fully saturated rings. The molecule has 1 aliphatic rings. The SMILES string of the molecule is CC[C@H](C(=O)c1ccccc1)[C@H](c1ccc(OC)cc1)c1ccc(OCCN2CCCC2)cc1. The first-order valence-electron chi connectivity index (χ1n) is 12.4. The van der Waals surface area contributed by atoms with Gasteiger partial charge in [-0.2, -0.15) is 0 Å². The van der Waals surface area contributed by atoms with Crippen LogP contribution in [0.15, 0.2) is 78.9 Å². The molecule has 0 unspecified atom stereocenters. The molecule has 0 aliphatic carbocycles. The summed E-state index contributed by atoms with van der Waals surface area (Å²) in [6, 6.07) is 26.0. The molecule has 0 saturated carbocycles. The summed E-state index contributed by atoms with van der Waals surface area (Å²) >= 11 is 0. The zero-order chi connectivity index (χ0) is 23.8. The molecule has 0 spiro atoms. The van der Waals surface area contributed by atoms with Crippen molar-refractivity contribution in [2.24, 2.45) is 5.92 Å². The molecular weight excluding hydrogens is 422 g/mol. The van der Waals surface area contributed by atoms with Gasteiger partial charge in [-0.05, 0) is 67.7 Å². The first-order valence-corrected chi connectivity index (χ1v) is 12.4. The number of carbonyl (C=O) groups is 1. The van der Waals surface area contributed by atoms with E-state index in [9.17, 15) is 4.79 Å². The fourth-order valence-corrected chi connectivity index (χ4v) is 4.93. The zero-order valence-electron chi connectivity index (χ0n) is 20.3. The van der Waals surface area contributed by atoms with Gasteiger partial charge in [0.1, 0.15) is 18.1 Å². The van der Waals surface area contributed by atoms with Crippen molar-refractivity contribution in [1.82, 2.24) is 4.90 Å². The highest BCUT2D eigenvalue weighted by atomic mass is 16.5. The number of carbonyl (C=O) groups excluding carboxylic acids is 1. The van der Waals surface area contributed by atoms with Crippen molar-refractivity contribution < 1.29 is 14.3 Å². The Labute approximate surface area is 203 Å². The lowest BCUT2D eigenvalue weighted by Crippen LogP contribution is -2.25. The minimum Gasteiger partial charge on any atom is -0.497 e. The summed E-state index contributed by atoms with van der Waals surface area (Å²) in [5.74, 6) is 1.64. The molecule has 178 valence electrons. The van der Waals surface area contributed by atoms with Crippen LogP contribution >= 0.6 is 0 Å². The lowest BCUT2D eigenvalue weighted by atomic mass is 9.76. The van der Waals surface area contributed by atoms with E-state index in [0.29, 0.717) is 6.61 Å². The molecule has 4 nitrogen and oxygen atoms in total. The van der Waals surface area contributed by atoms with Crippen LogP contribution in [0, 0.1) is 5.92 Å². The summed E-state index contributed by atoms with van der Waals surface area (Å²) in [6.07, 6.45) is 3.34. The van der Waals surface area contributed by atoms with Crippen molar-refractivity contribution in [1.29, 1.82) is 0 Å². The average Bonchev–Trinajstić information content (AvgIpc) is 3.42. The summed E-state index contributed by atoms with van der Waals surface area (Å²) < 4.78 is 11.4. The molecule has 1 aliphatic heterocycles. The van der Waals surface area contributed by atoms with Crippen LogP contribution in [0.3, 0.4) is 0 Å². The number of ketones is 1. The number of likely N-dealkylation sites (tertiary alicyclic amines) is 1. The number of ether oxygens (including phenoxy) is 2. The van der Waals surface area contributed by atoms with E-state index in [4.69, 9.17) is 9.47 Å². The van der Waals surface area contributed by atoms with E-state index in [2.05, 4.69) is 36.1 Å². The summed E-state index contributed by atoms with van der Waals surface area (Å²) in [4.78, 5) is 16.0. The van der Waals surface area contributed by atoms with Crippen LogP contribution in [0.4, 0.5) is 0 Å². The second-order valence-electron chi connectivity index (χ2n) is 8.96. The molecule has 4 heteroatoms. The quantitative estimate of drug-likeness (QED) is 0.321. The van der Waals surface area contributed by atoms with Gasteiger partial charge in [0, 0.05) is 23.9 Å². The van der Waals surface area contributed by atoms with Crippen molar-refractivity contribution in [3.63, 3.8) is 0 Å². The Morgan fingerprint density at radius 1 is 0.853 bits per heavy atom. The molecule has 0 N–H and O–H groups in total. The lowest BCUT2D eigenvalue weighted by Gasteiger charge is -2.27. The number of rotatable bonds is 11. The molecule has 2 atom stereocenters. The van der Waals surface area contributed by atoms with E-state index in [1.54, 1.807) is 7.11 Å². The molecule has 3 aromatic carbocycles. The van der Waals surface area contributed by atoms with E-state index in [1.165, 1.54) is 25.9 Å². The number of Topliss-reactive ketones (excluding diaryl/α,β-unsaturated/α-hetero) is 1. The molecule has 0 aromatic heterocycles. The van der Waals surface area contributed by atoms with Gasteiger partial charge >= 0.3 is 0 Å². The van der Waals surface area contributed by atoms with Crippen molar-refractivity contribution in [3.05, 3.63) is 95.6 Å². The van der Waals surface area contributed by atoms with Crippen LogP contribution in [0.1, 0.15) is 53.6 Å². The number of benzene rings is 3. The Morgan fingerprint density at radius 3 is 2.00 bits per heavy atom. The van der Waals surface area contributed by atoms with Crippen molar-refractivity contribution in [2.75, 3.05) is 33.4 Å². The molecule has 0 amide bonds. The van der Waals surface area contributed by atoms with Gasteiger partial charge in [0.25, 0.3) is 0 Å². The van der Waals surface area contributed by atoms with Crippen molar-refractivity contribution in [2.45, 2.75) is 32.1 Å². The van der Waals surface area contributed by atoms with Crippen LogP contribution in [0.25, 0.3) is 0 Å². The minimum atomic E-state index is -0.169. The molecule has 4 rings (SSSR count). The highest BCUT2D eigenvalue weighted by Crippen LogP contribution is 2.37. The van der Waals surface area contributed by atoms with Crippen LogP contribution in [-0.4, -0.2) is 44.0 Å². The molecular formula is C30H35NO3. The smallest absolute Gasteiger partial charge is 0.166 e. The number of nitrogens with zero attached hydrogens (tertiary/aromatic N) is 1. The fraction of sp³-hybridized carbons (Fsp3) is 0.367. The van der Waals surface area contributed by atoms with E-state index in [0.717, 1.165) is 41.2 Å². The van der Waals surface area contributed by atoms with Gasteiger partial charge in [-0.3, -0.25) is 9.69 Å². The molecule has 3 aromatic rings. The second-order valence-corrected chi connectivity index (χ2v) is 8.96. The third kappa shape index (κ3) is 5.87. The first-order chi connectivity index (χ1) is 16.7. The third-order valence-electron chi connectivity index (χ3n) is 6.83. The third-order valence-corrected chi connectivity index (χ3v) is 6.83. The molecule has 0 radical (unpaired) electrons. The Hall–Kier alpha value is -3.11. The normalized spacial score (nSPS) is 15.6. The topological polar surface area (TPSA) is 38.8 Å². The Balaban J connectivity index is 1.57. The fourth-order valence-electron chi connectivity index (χ4n) is 4.93. The van der Waals surface area contributed by atoms with Gasteiger partial charge in [0.05, 0.1) is 7.11 Å². The van der Waals surface area contributed by atoms with Gasteiger partial charge in [-0.25, -0.2) is 0 Å². The van der Waals surface area contributed by atoms with Gasteiger partial charge in [0.2, 0.25) is 0 Å². The lowest BCUT2D eigenvalue weighted by molar-refractivity contribution is 0.0904. The second kappa shape index (κ2) is 11.8.